The van der Waals surface area contributed by atoms with Crippen LogP contribution in [-0.4, -0.2) is 62.8 Å². The van der Waals surface area contributed by atoms with Gasteiger partial charge in [-0.15, -0.1) is 11.3 Å². The Balaban J connectivity index is 1.41. The standard InChI is InChI=1S/C24H19F3N6O3S/c25-24(26,27)20-13-19(21(34)30-23-29-18(14-37-23)17-3-1-2-8-28-17)33(31-20)16-6-4-15(5-7-16)22(35)32-9-11-36-12-10-32/h1-8,13-14H,9-12H2,(H,29,30,34). The fourth-order valence-electron chi connectivity index (χ4n) is 3.70. The number of morpholine rings is 1. The number of nitrogens with zero attached hydrogens (tertiary/aromatic N) is 5. The van der Waals surface area contributed by atoms with Gasteiger partial charge in [0.05, 0.1) is 24.6 Å². The zero-order valence-corrected chi connectivity index (χ0v) is 19.9. The number of alkyl halides is 3. The first kappa shape index (κ1) is 24.6. The van der Waals surface area contributed by atoms with Crippen LogP contribution in [-0.2, 0) is 10.9 Å². The van der Waals surface area contributed by atoms with Crippen molar-refractivity contribution in [3.63, 3.8) is 0 Å². The van der Waals surface area contributed by atoms with Gasteiger partial charge in [0.2, 0.25) is 0 Å². The van der Waals surface area contributed by atoms with E-state index in [1.165, 1.54) is 24.3 Å². The first-order chi connectivity index (χ1) is 17.8. The van der Waals surface area contributed by atoms with E-state index in [0.29, 0.717) is 49.3 Å². The van der Waals surface area contributed by atoms with E-state index in [0.717, 1.165) is 16.0 Å². The van der Waals surface area contributed by atoms with Crippen molar-refractivity contribution in [3.05, 3.63) is 77.1 Å². The van der Waals surface area contributed by atoms with Gasteiger partial charge < -0.3 is 9.64 Å². The summed E-state index contributed by atoms with van der Waals surface area (Å²) in [5.74, 6) is -1.03. The monoisotopic (exact) mass is 528 g/mol. The molecule has 9 nitrogen and oxygen atoms in total. The first-order valence-corrected chi connectivity index (χ1v) is 12.0. The second kappa shape index (κ2) is 10.1. The Kier molecular flexibility index (Phi) is 6.72. The largest absolute Gasteiger partial charge is 0.435 e. The normalized spacial score (nSPS) is 14.0. The van der Waals surface area contributed by atoms with Gasteiger partial charge in [0.1, 0.15) is 11.4 Å². The fraction of sp³-hybridized carbons (Fsp3) is 0.208. The third kappa shape index (κ3) is 5.37. The second-order valence-corrected chi connectivity index (χ2v) is 8.84. The third-order valence-electron chi connectivity index (χ3n) is 5.54. The highest BCUT2D eigenvalue weighted by Gasteiger charge is 2.36. The smallest absolute Gasteiger partial charge is 0.378 e. The number of carbonyl (C=O) groups is 2. The van der Waals surface area contributed by atoms with Crippen LogP contribution in [0.25, 0.3) is 17.1 Å². The molecule has 4 aromatic rings. The molecule has 1 saturated heterocycles. The molecule has 2 amide bonds. The summed E-state index contributed by atoms with van der Waals surface area (Å²) in [6.07, 6.45) is -3.16. The Hall–Kier alpha value is -4.10. The Morgan fingerprint density at radius 3 is 2.46 bits per heavy atom. The minimum Gasteiger partial charge on any atom is -0.378 e. The topological polar surface area (TPSA) is 102 Å². The van der Waals surface area contributed by atoms with E-state index < -0.39 is 17.8 Å². The van der Waals surface area contributed by atoms with Gasteiger partial charge in [0.15, 0.2) is 10.8 Å². The molecular formula is C24H19F3N6O3S. The van der Waals surface area contributed by atoms with Gasteiger partial charge in [-0.1, -0.05) is 6.07 Å². The predicted molar refractivity (Wildman–Crippen MR) is 129 cm³/mol. The lowest BCUT2D eigenvalue weighted by Gasteiger charge is -2.26. The van der Waals surface area contributed by atoms with Crippen molar-refractivity contribution in [1.29, 1.82) is 0 Å². The van der Waals surface area contributed by atoms with Crippen molar-refractivity contribution in [2.24, 2.45) is 0 Å². The maximum Gasteiger partial charge on any atom is 0.435 e. The SMILES string of the molecule is O=C(Nc1nc(-c2ccccn2)cs1)c1cc(C(F)(F)F)nn1-c1ccc(C(=O)N2CCOCC2)cc1. The van der Waals surface area contributed by atoms with Crippen molar-refractivity contribution in [2.75, 3.05) is 31.6 Å². The van der Waals surface area contributed by atoms with Gasteiger partial charge in [-0.25, -0.2) is 9.67 Å². The van der Waals surface area contributed by atoms with Gasteiger partial charge in [0.25, 0.3) is 11.8 Å². The van der Waals surface area contributed by atoms with Crippen molar-refractivity contribution in [2.45, 2.75) is 6.18 Å². The molecule has 1 aliphatic rings. The molecule has 13 heteroatoms. The molecule has 37 heavy (non-hydrogen) atoms. The number of thiazole rings is 1. The summed E-state index contributed by atoms with van der Waals surface area (Å²) in [5.41, 5.74) is 0.104. The molecule has 0 radical (unpaired) electrons. The van der Waals surface area contributed by atoms with Crippen LogP contribution < -0.4 is 5.32 Å². The molecule has 1 aromatic carbocycles. The minimum absolute atomic E-state index is 0.187. The van der Waals surface area contributed by atoms with Gasteiger partial charge in [-0.05, 0) is 36.4 Å². The van der Waals surface area contributed by atoms with E-state index in [1.807, 2.05) is 0 Å². The molecule has 0 bridgehead atoms. The number of halogens is 3. The summed E-state index contributed by atoms with van der Waals surface area (Å²) in [6, 6.07) is 11.8. The Morgan fingerprint density at radius 1 is 1.03 bits per heavy atom. The molecular weight excluding hydrogens is 509 g/mol. The van der Waals surface area contributed by atoms with Gasteiger partial charge in [0, 0.05) is 36.3 Å². The summed E-state index contributed by atoms with van der Waals surface area (Å²) in [4.78, 5) is 35.8. The number of hydrogen-bond donors (Lipinski definition) is 1. The molecule has 0 unspecified atom stereocenters. The van der Waals surface area contributed by atoms with E-state index in [4.69, 9.17) is 4.74 Å². The number of anilines is 1. The van der Waals surface area contributed by atoms with Crippen molar-refractivity contribution in [1.82, 2.24) is 24.6 Å². The Labute approximate surface area is 212 Å². The number of nitrogens with one attached hydrogen (secondary N) is 1. The van der Waals surface area contributed by atoms with Gasteiger partial charge in [-0.3, -0.25) is 19.9 Å². The molecule has 190 valence electrons. The third-order valence-corrected chi connectivity index (χ3v) is 6.30. The number of aromatic nitrogens is 4. The minimum atomic E-state index is -4.76. The Morgan fingerprint density at radius 2 is 1.78 bits per heavy atom. The lowest BCUT2D eigenvalue weighted by atomic mass is 10.1. The molecule has 0 atom stereocenters. The fourth-order valence-corrected chi connectivity index (χ4v) is 4.40. The number of ether oxygens (including phenoxy) is 1. The molecule has 0 saturated carbocycles. The number of pyridine rings is 1. The average Bonchev–Trinajstić information content (AvgIpc) is 3.57. The van der Waals surface area contributed by atoms with Crippen LogP contribution >= 0.6 is 11.3 Å². The zero-order valence-electron chi connectivity index (χ0n) is 19.1. The molecule has 0 aliphatic carbocycles. The molecule has 5 rings (SSSR count). The van der Waals surface area contributed by atoms with E-state index >= 15 is 0 Å². The quantitative estimate of drug-likeness (QED) is 0.418. The maximum atomic E-state index is 13.5. The van der Waals surface area contributed by atoms with E-state index in [1.54, 1.807) is 34.7 Å². The zero-order chi connectivity index (χ0) is 26.0. The Bertz CT molecular complexity index is 1410. The highest BCUT2D eigenvalue weighted by Crippen LogP contribution is 2.30. The van der Waals surface area contributed by atoms with Crippen LogP contribution in [0.15, 0.2) is 60.1 Å². The van der Waals surface area contributed by atoms with E-state index in [2.05, 4.69) is 20.4 Å². The van der Waals surface area contributed by atoms with Gasteiger partial charge in [-0.2, -0.15) is 18.3 Å². The summed E-state index contributed by atoms with van der Waals surface area (Å²) in [7, 11) is 0. The number of carbonyl (C=O) groups excluding carboxylic acids is 2. The summed E-state index contributed by atoms with van der Waals surface area (Å²) in [5, 5.41) is 8.03. The van der Waals surface area contributed by atoms with Crippen molar-refractivity contribution >= 4 is 28.3 Å². The average molecular weight is 529 g/mol. The highest BCUT2D eigenvalue weighted by molar-refractivity contribution is 7.14. The van der Waals surface area contributed by atoms with Crippen LogP contribution in [0.5, 0.6) is 0 Å². The predicted octanol–water partition coefficient (Wildman–Crippen LogP) is 4.13. The first-order valence-electron chi connectivity index (χ1n) is 11.1. The van der Waals surface area contributed by atoms with Gasteiger partial charge >= 0.3 is 6.18 Å². The molecule has 3 aromatic heterocycles. The number of benzene rings is 1. The second-order valence-electron chi connectivity index (χ2n) is 7.98. The molecule has 4 heterocycles. The maximum absolute atomic E-state index is 13.5. The number of hydrogen-bond acceptors (Lipinski definition) is 7. The van der Waals surface area contributed by atoms with Crippen LogP contribution in [0.4, 0.5) is 18.3 Å². The molecule has 1 aliphatic heterocycles. The van der Waals surface area contributed by atoms with E-state index in [9.17, 15) is 22.8 Å². The van der Waals surface area contributed by atoms with Crippen LogP contribution in [0, 0.1) is 0 Å². The number of amides is 2. The summed E-state index contributed by atoms with van der Waals surface area (Å²) < 4.78 is 46.6. The highest BCUT2D eigenvalue weighted by atomic mass is 32.1. The van der Waals surface area contributed by atoms with Crippen molar-refractivity contribution in [3.8, 4) is 17.1 Å². The molecule has 1 fully saturated rings. The molecule has 0 spiro atoms. The van der Waals surface area contributed by atoms with Crippen LogP contribution in [0.2, 0.25) is 0 Å². The summed E-state index contributed by atoms with van der Waals surface area (Å²) in [6.45, 7) is 1.80. The lowest BCUT2D eigenvalue weighted by Crippen LogP contribution is -2.40. The van der Waals surface area contributed by atoms with Crippen LogP contribution in [0.3, 0.4) is 0 Å². The van der Waals surface area contributed by atoms with Crippen molar-refractivity contribution < 1.29 is 27.5 Å². The van der Waals surface area contributed by atoms with E-state index in [-0.39, 0.29) is 22.4 Å². The number of rotatable bonds is 5. The molecule has 1 N–H and O–H groups in total. The van der Waals surface area contributed by atoms with Crippen LogP contribution in [0.1, 0.15) is 26.5 Å². The lowest BCUT2D eigenvalue weighted by molar-refractivity contribution is -0.141. The summed E-state index contributed by atoms with van der Waals surface area (Å²) >= 11 is 1.11.